The Morgan fingerprint density at radius 2 is 1.75 bits per heavy atom. The molecule has 0 aromatic heterocycles. The molecule has 0 aliphatic rings. The fourth-order valence-electron chi connectivity index (χ4n) is 2.29. The highest BCUT2D eigenvalue weighted by Gasteiger charge is 2.13. The predicted molar refractivity (Wildman–Crippen MR) is 85.2 cm³/mol. The normalized spacial score (nSPS) is 12.4. The van der Waals surface area contributed by atoms with E-state index in [2.05, 4.69) is 45.9 Å². The van der Waals surface area contributed by atoms with E-state index in [9.17, 15) is 0 Å². The zero-order valence-electron chi connectivity index (χ0n) is 12.7. The van der Waals surface area contributed by atoms with Gasteiger partial charge in [-0.1, -0.05) is 38.1 Å². The number of aryl methyl sites for hydroxylation is 1. The van der Waals surface area contributed by atoms with Gasteiger partial charge in [-0.25, -0.2) is 0 Å². The van der Waals surface area contributed by atoms with Gasteiger partial charge in [0.2, 0.25) is 0 Å². The van der Waals surface area contributed by atoms with Crippen molar-refractivity contribution in [1.82, 2.24) is 0 Å². The molecule has 0 aliphatic carbocycles. The van der Waals surface area contributed by atoms with Crippen molar-refractivity contribution in [3.63, 3.8) is 0 Å². The van der Waals surface area contributed by atoms with E-state index in [0.29, 0.717) is 5.92 Å². The van der Waals surface area contributed by atoms with Gasteiger partial charge in [-0.3, -0.25) is 0 Å². The van der Waals surface area contributed by atoms with Gasteiger partial charge in [0.15, 0.2) is 0 Å². The molecule has 20 heavy (non-hydrogen) atoms. The first-order valence-corrected chi connectivity index (χ1v) is 7.10. The van der Waals surface area contributed by atoms with Crippen LogP contribution in [0, 0.1) is 6.92 Å². The summed E-state index contributed by atoms with van der Waals surface area (Å²) >= 11 is 0. The second-order valence-electron chi connectivity index (χ2n) is 5.63. The lowest BCUT2D eigenvalue weighted by molar-refractivity contribution is 0.224. The molecule has 1 unspecified atom stereocenters. The number of benzene rings is 2. The van der Waals surface area contributed by atoms with Crippen molar-refractivity contribution >= 4 is 5.69 Å². The SMILES string of the molecule is Cc1ccc(C(C)C)c(OC(C)c2cccc(N)c2)c1. The monoisotopic (exact) mass is 269 g/mol. The summed E-state index contributed by atoms with van der Waals surface area (Å²) in [5.41, 5.74) is 10.2. The Balaban J connectivity index is 2.27. The van der Waals surface area contributed by atoms with E-state index >= 15 is 0 Å². The lowest BCUT2D eigenvalue weighted by atomic mass is 10.0. The van der Waals surface area contributed by atoms with E-state index in [1.54, 1.807) is 0 Å². The number of anilines is 1. The second-order valence-corrected chi connectivity index (χ2v) is 5.63. The van der Waals surface area contributed by atoms with E-state index in [-0.39, 0.29) is 6.10 Å². The maximum absolute atomic E-state index is 6.17. The fourth-order valence-corrected chi connectivity index (χ4v) is 2.29. The zero-order chi connectivity index (χ0) is 14.7. The van der Waals surface area contributed by atoms with Gasteiger partial charge in [-0.15, -0.1) is 0 Å². The van der Waals surface area contributed by atoms with Crippen LogP contribution < -0.4 is 10.5 Å². The van der Waals surface area contributed by atoms with Gasteiger partial charge in [0.1, 0.15) is 11.9 Å². The molecule has 0 aliphatic heterocycles. The van der Waals surface area contributed by atoms with Crippen LogP contribution >= 0.6 is 0 Å². The van der Waals surface area contributed by atoms with Crippen LogP contribution in [-0.4, -0.2) is 0 Å². The quantitative estimate of drug-likeness (QED) is 0.806. The molecule has 0 saturated carbocycles. The van der Waals surface area contributed by atoms with Gasteiger partial charge in [-0.2, -0.15) is 0 Å². The number of hydrogen-bond acceptors (Lipinski definition) is 2. The summed E-state index contributed by atoms with van der Waals surface area (Å²) in [6.07, 6.45) is -0.0159. The zero-order valence-corrected chi connectivity index (χ0v) is 12.7. The number of ether oxygens (including phenoxy) is 1. The van der Waals surface area contributed by atoms with Crippen molar-refractivity contribution in [2.75, 3.05) is 5.73 Å². The Labute approximate surface area is 121 Å². The minimum Gasteiger partial charge on any atom is -0.486 e. The molecule has 2 heteroatoms. The van der Waals surface area contributed by atoms with Crippen LogP contribution in [0.5, 0.6) is 5.75 Å². The van der Waals surface area contributed by atoms with Crippen LogP contribution in [-0.2, 0) is 0 Å². The molecule has 0 amide bonds. The Kier molecular flexibility index (Phi) is 4.33. The highest BCUT2D eigenvalue weighted by Crippen LogP contribution is 2.31. The van der Waals surface area contributed by atoms with Crippen LogP contribution in [0.4, 0.5) is 5.69 Å². The maximum atomic E-state index is 6.17. The number of nitrogens with two attached hydrogens (primary N) is 1. The number of hydrogen-bond donors (Lipinski definition) is 1. The first-order chi connectivity index (χ1) is 9.47. The molecule has 0 fully saturated rings. The fraction of sp³-hybridized carbons (Fsp3) is 0.333. The van der Waals surface area contributed by atoms with Crippen LogP contribution in [0.1, 0.15) is 49.5 Å². The first-order valence-electron chi connectivity index (χ1n) is 7.10. The highest BCUT2D eigenvalue weighted by molar-refractivity contribution is 5.43. The van der Waals surface area contributed by atoms with Crippen LogP contribution in [0.15, 0.2) is 42.5 Å². The molecule has 2 aromatic carbocycles. The molecule has 0 heterocycles. The third-order valence-electron chi connectivity index (χ3n) is 3.47. The van der Waals surface area contributed by atoms with Crippen molar-refractivity contribution in [2.45, 2.75) is 39.7 Å². The van der Waals surface area contributed by atoms with E-state index in [4.69, 9.17) is 10.5 Å². The summed E-state index contributed by atoms with van der Waals surface area (Å²) in [6.45, 7) is 8.51. The van der Waals surface area contributed by atoms with Crippen molar-refractivity contribution < 1.29 is 4.74 Å². The molecule has 2 aromatic rings. The lowest BCUT2D eigenvalue weighted by Crippen LogP contribution is -2.06. The van der Waals surface area contributed by atoms with Crippen molar-refractivity contribution in [3.8, 4) is 5.75 Å². The molecule has 0 saturated heterocycles. The molecule has 1 atom stereocenters. The Morgan fingerprint density at radius 3 is 2.40 bits per heavy atom. The Bertz CT molecular complexity index is 590. The summed E-state index contributed by atoms with van der Waals surface area (Å²) in [5, 5.41) is 0. The van der Waals surface area contributed by atoms with E-state index in [1.807, 2.05) is 24.3 Å². The van der Waals surface area contributed by atoms with E-state index < -0.39 is 0 Å². The average molecular weight is 269 g/mol. The van der Waals surface area contributed by atoms with Crippen molar-refractivity contribution in [3.05, 3.63) is 59.2 Å². The molecular formula is C18H23NO. The molecule has 0 spiro atoms. The molecule has 106 valence electrons. The van der Waals surface area contributed by atoms with Crippen LogP contribution in [0.3, 0.4) is 0 Å². The summed E-state index contributed by atoms with van der Waals surface area (Å²) in [4.78, 5) is 0. The third kappa shape index (κ3) is 3.32. The molecule has 2 N–H and O–H groups in total. The largest absolute Gasteiger partial charge is 0.486 e. The van der Waals surface area contributed by atoms with E-state index in [1.165, 1.54) is 11.1 Å². The standard InChI is InChI=1S/C18H23NO/c1-12(2)17-9-8-13(3)10-18(17)20-14(4)15-6-5-7-16(19)11-15/h5-12,14H,19H2,1-4H3. The van der Waals surface area contributed by atoms with Crippen LogP contribution in [0.25, 0.3) is 0 Å². The van der Waals surface area contributed by atoms with Gasteiger partial charge in [0, 0.05) is 5.69 Å². The molecule has 0 radical (unpaired) electrons. The van der Waals surface area contributed by atoms with Gasteiger partial charge in [0.05, 0.1) is 0 Å². The second kappa shape index (κ2) is 6.00. The number of nitrogen functional groups attached to an aromatic ring is 1. The highest BCUT2D eigenvalue weighted by atomic mass is 16.5. The summed E-state index contributed by atoms with van der Waals surface area (Å²) < 4.78 is 6.17. The summed E-state index contributed by atoms with van der Waals surface area (Å²) in [6, 6.07) is 14.3. The Hall–Kier alpha value is -1.96. The predicted octanol–water partition coefficient (Wildman–Crippen LogP) is 4.84. The first kappa shape index (κ1) is 14.4. The molecule has 0 bridgehead atoms. The lowest BCUT2D eigenvalue weighted by Gasteiger charge is -2.20. The van der Waals surface area contributed by atoms with Crippen LogP contribution in [0.2, 0.25) is 0 Å². The van der Waals surface area contributed by atoms with Crippen molar-refractivity contribution in [2.24, 2.45) is 0 Å². The minimum atomic E-state index is -0.0159. The van der Waals surface area contributed by atoms with Gasteiger partial charge in [0.25, 0.3) is 0 Å². The van der Waals surface area contributed by atoms with Gasteiger partial charge in [-0.05, 0) is 54.7 Å². The molecule has 2 nitrogen and oxygen atoms in total. The average Bonchev–Trinajstić information content (AvgIpc) is 2.38. The number of rotatable bonds is 4. The maximum Gasteiger partial charge on any atom is 0.123 e. The van der Waals surface area contributed by atoms with E-state index in [0.717, 1.165) is 17.0 Å². The van der Waals surface area contributed by atoms with Gasteiger partial charge >= 0.3 is 0 Å². The Morgan fingerprint density at radius 1 is 1.00 bits per heavy atom. The topological polar surface area (TPSA) is 35.2 Å². The summed E-state index contributed by atoms with van der Waals surface area (Å²) in [5.74, 6) is 1.41. The third-order valence-corrected chi connectivity index (χ3v) is 3.47. The molecule has 2 rings (SSSR count). The molecular weight excluding hydrogens is 246 g/mol. The summed E-state index contributed by atoms with van der Waals surface area (Å²) in [7, 11) is 0. The minimum absolute atomic E-state index is 0.0159. The van der Waals surface area contributed by atoms with Gasteiger partial charge < -0.3 is 10.5 Å². The van der Waals surface area contributed by atoms with Crippen molar-refractivity contribution in [1.29, 1.82) is 0 Å². The smallest absolute Gasteiger partial charge is 0.123 e.